The highest BCUT2D eigenvalue weighted by Gasteiger charge is 2.40. The van der Waals surface area contributed by atoms with E-state index in [1.807, 2.05) is 0 Å². The highest BCUT2D eigenvalue weighted by atomic mass is 16.5. The van der Waals surface area contributed by atoms with Crippen LogP contribution in [0, 0.1) is 0 Å². The van der Waals surface area contributed by atoms with Gasteiger partial charge in [-0.3, -0.25) is 14.4 Å². The molecule has 0 aromatic heterocycles. The molecule has 0 aromatic rings. The summed E-state index contributed by atoms with van der Waals surface area (Å²) in [7, 11) is 3.71. The third kappa shape index (κ3) is 6.69. The molecule has 25 heavy (non-hydrogen) atoms. The van der Waals surface area contributed by atoms with Crippen LogP contribution in [-0.2, 0) is 23.9 Å². The quantitative estimate of drug-likeness (QED) is 0.412. The first-order chi connectivity index (χ1) is 11.4. The number of primary amides is 1. The lowest BCUT2D eigenvalue weighted by atomic mass is 9.97. The maximum absolute atomic E-state index is 12.8. The fourth-order valence-electron chi connectivity index (χ4n) is 2.32. The van der Waals surface area contributed by atoms with Crippen molar-refractivity contribution in [2.45, 2.75) is 57.7 Å². The number of esters is 1. The average molecular weight is 359 g/mol. The third-order valence-electron chi connectivity index (χ3n) is 3.74. The zero-order chi connectivity index (χ0) is 19.9. The van der Waals surface area contributed by atoms with Crippen LogP contribution in [0.1, 0.15) is 40.0 Å². The minimum atomic E-state index is -1.53. The van der Waals surface area contributed by atoms with Gasteiger partial charge in [0.25, 0.3) is 5.91 Å². The van der Waals surface area contributed by atoms with Crippen molar-refractivity contribution in [3.8, 4) is 0 Å². The molecular weight excluding hydrogens is 330 g/mol. The van der Waals surface area contributed by atoms with Crippen LogP contribution in [0.4, 0.5) is 0 Å². The number of likely N-dealkylation sites (N-methyl/N-ethyl adjacent to an activating group) is 2. The molecule has 3 N–H and O–H groups in total. The van der Waals surface area contributed by atoms with Crippen LogP contribution in [0.3, 0.4) is 0 Å². The van der Waals surface area contributed by atoms with Gasteiger partial charge in [0.15, 0.2) is 0 Å². The lowest BCUT2D eigenvalue weighted by Gasteiger charge is -2.34. The number of carbonyl (C=O) groups excluding carboxylic acids is 4. The number of ether oxygens (including phenoxy) is 1. The second-order valence-electron chi connectivity index (χ2n) is 6.56. The molecule has 1 unspecified atom stereocenters. The first-order valence-electron chi connectivity index (χ1n) is 7.99. The zero-order valence-electron chi connectivity index (χ0n) is 15.7. The number of hydrogen-bond acceptors (Lipinski definition) is 6. The summed E-state index contributed by atoms with van der Waals surface area (Å²) in [5.74, 6) is -2.97. The zero-order valence-corrected chi connectivity index (χ0v) is 15.7. The maximum Gasteiger partial charge on any atom is 0.338 e. The minimum absolute atomic E-state index is 0.120. The summed E-state index contributed by atoms with van der Waals surface area (Å²) >= 11 is 0. The van der Waals surface area contributed by atoms with Gasteiger partial charge in [0, 0.05) is 26.9 Å². The molecule has 2 atom stereocenters. The van der Waals surface area contributed by atoms with Gasteiger partial charge in [-0.1, -0.05) is 6.92 Å². The molecule has 0 spiro atoms. The number of hydrogen-bond donors (Lipinski definition) is 2. The van der Waals surface area contributed by atoms with E-state index >= 15 is 0 Å². The van der Waals surface area contributed by atoms with Crippen molar-refractivity contribution in [2.24, 2.45) is 5.73 Å². The van der Waals surface area contributed by atoms with E-state index in [4.69, 9.17) is 5.73 Å². The van der Waals surface area contributed by atoms with Gasteiger partial charge in [0.1, 0.15) is 6.04 Å². The summed E-state index contributed by atoms with van der Waals surface area (Å²) < 4.78 is 4.63. The van der Waals surface area contributed by atoms with Gasteiger partial charge in [0.05, 0.1) is 12.7 Å². The van der Waals surface area contributed by atoms with Crippen molar-refractivity contribution in [1.29, 1.82) is 0 Å². The Balaban J connectivity index is 5.63. The Morgan fingerprint density at radius 3 is 2.04 bits per heavy atom. The maximum atomic E-state index is 12.8. The lowest BCUT2D eigenvalue weighted by Crippen LogP contribution is -2.58. The van der Waals surface area contributed by atoms with Crippen LogP contribution in [0.5, 0.6) is 0 Å². The smallest absolute Gasteiger partial charge is 0.338 e. The summed E-state index contributed by atoms with van der Waals surface area (Å²) in [5.41, 5.74) is 4.07. The molecule has 0 fully saturated rings. The monoisotopic (exact) mass is 359 g/mol. The number of nitrogens with zero attached hydrogens (tertiary/aromatic N) is 2. The molecule has 0 radical (unpaired) electrons. The van der Waals surface area contributed by atoms with Crippen molar-refractivity contribution in [3.05, 3.63) is 0 Å². The van der Waals surface area contributed by atoms with Gasteiger partial charge in [-0.2, -0.15) is 0 Å². The van der Waals surface area contributed by atoms with Gasteiger partial charge < -0.3 is 25.4 Å². The summed E-state index contributed by atoms with van der Waals surface area (Å²) in [5, 5.41) is 9.93. The topological polar surface area (TPSA) is 130 Å². The summed E-state index contributed by atoms with van der Waals surface area (Å²) in [6.07, 6.45) is 0.582. The molecule has 0 aliphatic carbocycles. The summed E-state index contributed by atoms with van der Waals surface area (Å²) in [6, 6.07) is -2.67. The Morgan fingerprint density at radius 1 is 1.16 bits per heavy atom. The first-order valence-corrected chi connectivity index (χ1v) is 7.99. The molecule has 0 bridgehead atoms. The van der Waals surface area contributed by atoms with E-state index in [2.05, 4.69) is 4.74 Å². The average Bonchev–Trinajstić information content (AvgIpc) is 2.50. The number of rotatable bonds is 9. The number of nitrogens with two attached hydrogens (primary N) is 1. The van der Waals surface area contributed by atoms with E-state index in [1.165, 1.54) is 27.9 Å². The molecular formula is C16H29N3O6. The Hall–Kier alpha value is -2.16. The first kappa shape index (κ1) is 22.8. The van der Waals surface area contributed by atoms with Crippen molar-refractivity contribution in [1.82, 2.24) is 9.80 Å². The molecule has 0 aromatic carbocycles. The lowest BCUT2D eigenvalue weighted by molar-refractivity contribution is -0.161. The molecule has 9 heteroatoms. The Labute approximate surface area is 148 Å². The van der Waals surface area contributed by atoms with Gasteiger partial charge >= 0.3 is 5.97 Å². The molecule has 0 saturated carbocycles. The molecule has 0 aliphatic rings. The predicted octanol–water partition coefficient (Wildman–Crippen LogP) is -0.740. The fourth-order valence-corrected chi connectivity index (χ4v) is 2.32. The second-order valence-corrected chi connectivity index (χ2v) is 6.56. The van der Waals surface area contributed by atoms with Crippen LogP contribution in [0.25, 0.3) is 0 Å². The van der Waals surface area contributed by atoms with Crippen LogP contribution >= 0.6 is 0 Å². The van der Waals surface area contributed by atoms with Crippen LogP contribution in [-0.4, -0.2) is 77.5 Å². The van der Waals surface area contributed by atoms with Gasteiger partial charge in [0.2, 0.25) is 17.9 Å². The SMILES string of the molecule is CCCC(=O)N(C)C(C(=O)OC)C(=O)N(C)[C@@H](CC(C)(C)O)C(N)=O. The van der Waals surface area contributed by atoms with E-state index < -0.39 is 41.4 Å². The second kappa shape index (κ2) is 9.36. The van der Waals surface area contributed by atoms with E-state index in [9.17, 15) is 24.3 Å². The summed E-state index contributed by atoms with van der Waals surface area (Å²) in [6.45, 7) is 4.73. The van der Waals surface area contributed by atoms with Gasteiger partial charge in [-0.05, 0) is 20.3 Å². The normalized spacial score (nSPS) is 13.6. The van der Waals surface area contributed by atoms with Crippen molar-refractivity contribution in [2.75, 3.05) is 21.2 Å². The number of amides is 3. The molecule has 0 rings (SSSR count). The third-order valence-corrected chi connectivity index (χ3v) is 3.74. The van der Waals surface area contributed by atoms with Gasteiger partial charge in [-0.25, -0.2) is 4.79 Å². The number of carbonyl (C=O) groups is 4. The molecule has 0 saturated heterocycles. The van der Waals surface area contributed by atoms with E-state index in [1.54, 1.807) is 6.92 Å². The van der Waals surface area contributed by atoms with Crippen LogP contribution in [0.15, 0.2) is 0 Å². The molecule has 0 heterocycles. The van der Waals surface area contributed by atoms with E-state index in [-0.39, 0.29) is 12.8 Å². The Kier molecular flexibility index (Phi) is 8.55. The van der Waals surface area contributed by atoms with Crippen LogP contribution < -0.4 is 5.73 Å². The van der Waals surface area contributed by atoms with Crippen molar-refractivity contribution < 1.29 is 29.0 Å². The van der Waals surface area contributed by atoms with Crippen LogP contribution in [0.2, 0.25) is 0 Å². The number of aliphatic hydroxyl groups is 1. The molecule has 144 valence electrons. The Bertz CT molecular complexity index is 514. The molecule has 3 amide bonds. The largest absolute Gasteiger partial charge is 0.467 e. The number of methoxy groups -OCH3 is 1. The van der Waals surface area contributed by atoms with E-state index in [0.717, 1.165) is 16.9 Å². The summed E-state index contributed by atoms with van der Waals surface area (Å²) in [4.78, 5) is 50.6. The standard InChI is InChI=1S/C16H29N3O6/c1-7-8-11(20)19(5)12(15(23)25-6)14(22)18(4)10(13(17)21)9-16(2,3)24/h10,12,24H,7-9H2,1-6H3,(H2,17,21)/t10-,12?/m0/s1. The molecule has 0 aliphatic heterocycles. The highest BCUT2D eigenvalue weighted by Crippen LogP contribution is 2.17. The fraction of sp³-hybridized carbons (Fsp3) is 0.750. The highest BCUT2D eigenvalue weighted by molar-refractivity contribution is 6.05. The predicted molar refractivity (Wildman–Crippen MR) is 90.1 cm³/mol. The van der Waals surface area contributed by atoms with Crippen molar-refractivity contribution >= 4 is 23.7 Å². The van der Waals surface area contributed by atoms with Gasteiger partial charge in [-0.15, -0.1) is 0 Å². The Morgan fingerprint density at radius 2 is 1.68 bits per heavy atom. The van der Waals surface area contributed by atoms with E-state index in [0.29, 0.717) is 6.42 Å². The molecule has 9 nitrogen and oxygen atoms in total. The van der Waals surface area contributed by atoms with Crippen molar-refractivity contribution in [3.63, 3.8) is 0 Å². The minimum Gasteiger partial charge on any atom is -0.467 e.